The maximum Gasteiger partial charge on any atom is 0.129 e. The van der Waals surface area contributed by atoms with Crippen molar-refractivity contribution in [1.29, 1.82) is 5.26 Å². The van der Waals surface area contributed by atoms with Gasteiger partial charge >= 0.3 is 0 Å². The Labute approximate surface area is 106 Å². The molecule has 1 aromatic rings. The zero-order chi connectivity index (χ0) is 13.4. The fraction of sp³-hybridized carbons (Fsp3) is 0.462. The van der Waals surface area contributed by atoms with Crippen molar-refractivity contribution in [1.82, 2.24) is 4.90 Å². The second-order valence-electron chi connectivity index (χ2n) is 3.91. The van der Waals surface area contributed by atoms with Crippen LogP contribution in [0.1, 0.15) is 11.1 Å². The quantitative estimate of drug-likeness (QED) is 0.790. The Bertz CT molecular complexity index is 418. The third-order valence-electron chi connectivity index (χ3n) is 2.60. The van der Waals surface area contributed by atoms with Crippen molar-refractivity contribution in [3.63, 3.8) is 0 Å². The SMILES string of the molecule is COCCN(CCO)Cc1ccc(C#N)cc1F. The molecule has 1 rings (SSSR count). The summed E-state index contributed by atoms with van der Waals surface area (Å²) in [7, 11) is 1.60. The molecule has 1 N–H and O–H groups in total. The highest BCUT2D eigenvalue weighted by Gasteiger charge is 2.09. The van der Waals surface area contributed by atoms with Gasteiger partial charge in [-0.1, -0.05) is 6.07 Å². The smallest absolute Gasteiger partial charge is 0.129 e. The van der Waals surface area contributed by atoms with Crippen LogP contribution in [0.5, 0.6) is 0 Å². The van der Waals surface area contributed by atoms with Gasteiger partial charge in [0.15, 0.2) is 0 Å². The van der Waals surface area contributed by atoms with E-state index in [0.29, 0.717) is 37.4 Å². The fourth-order valence-electron chi connectivity index (χ4n) is 1.62. The largest absolute Gasteiger partial charge is 0.395 e. The van der Waals surface area contributed by atoms with Crippen LogP contribution >= 0.6 is 0 Å². The van der Waals surface area contributed by atoms with Gasteiger partial charge in [0.05, 0.1) is 24.8 Å². The molecule has 0 heterocycles. The van der Waals surface area contributed by atoms with Gasteiger partial charge in [-0.2, -0.15) is 5.26 Å². The number of aliphatic hydroxyl groups is 1. The normalized spacial score (nSPS) is 10.6. The molecule has 1 aromatic carbocycles. The minimum absolute atomic E-state index is 0.0155. The minimum atomic E-state index is -0.394. The minimum Gasteiger partial charge on any atom is -0.395 e. The highest BCUT2D eigenvalue weighted by atomic mass is 19.1. The van der Waals surface area contributed by atoms with Crippen molar-refractivity contribution in [2.75, 3.05) is 33.4 Å². The van der Waals surface area contributed by atoms with Crippen LogP contribution in [0.25, 0.3) is 0 Å². The zero-order valence-electron chi connectivity index (χ0n) is 10.4. The predicted molar refractivity (Wildman–Crippen MR) is 65.4 cm³/mol. The number of benzene rings is 1. The van der Waals surface area contributed by atoms with E-state index in [0.717, 1.165) is 0 Å². The number of halogens is 1. The summed E-state index contributed by atoms with van der Waals surface area (Å²) in [6.45, 7) is 2.01. The van der Waals surface area contributed by atoms with Crippen molar-refractivity contribution in [2.45, 2.75) is 6.54 Å². The Morgan fingerprint density at radius 2 is 2.22 bits per heavy atom. The highest BCUT2D eigenvalue weighted by molar-refractivity contribution is 5.32. The lowest BCUT2D eigenvalue weighted by atomic mass is 10.1. The predicted octanol–water partition coefficient (Wildman–Crippen LogP) is 1.14. The Kier molecular flexibility index (Phi) is 6.29. The number of nitrogens with zero attached hydrogens (tertiary/aromatic N) is 2. The molecule has 0 bridgehead atoms. The topological polar surface area (TPSA) is 56.5 Å². The molecule has 0 amide bonds. The van der Waals surface area contributed by atoms with E-state index in [2.05, 4.69) is 0 Å². The molecule has 0 aliphatic rings. The van der Waals surface area contributed by atoms with Crippen LogP contribution in [-0.2, 0) is 11.3 Å². The van der Waals surface area contributed by atoms with Crippen LogP contribution in [0.4, 0.5) is 4.39 Å². The van der Waals surface area contributed by atoms with Crippen LogP contribution < -0.4 is 0 Å². The average Bonchev–Trinajstić information content (AvgIpc) is 2.38. The van der Waals surface area contributed by atoms with Crippen molar-refractivity contribution in [2.24, 2.45) is 0 Å². The van der Waals surface area contributed by atoms with Crippen LogP contribution in [-0.4, -0.2) is 43.4 Å². The highest BCUT2D eigenvalue weighted by Crippen LogP contribution is 2.12. The Morgan fingerprint density at radius 1 is 1.44 bits per heavy atom. The number of hydrogen-bond donors (Lipinski definition) is 1. The summed E-state index contributed by atoms with van der Waals surface area (Å²) in [5.41, 5.74) is 0.820. The molecule has 0 aromatic heterocycles. The number of hydrogen-bond acceptors (Lipinski definition) is 4. The summed E-state index contributed by atoms with van der Waals surface area (Å²) >= 11 is 0. The molecule has 18 heavy (non-hydrogen) atoms. The molecule has 0 aliphatic carbocycles. The van der Waals surface area contributed by atoms with Gasteiger partial charge < -0.3 is 9.84 Å². The first kappa shape index (κ1) is 14.6. The first-order chi connectivity index (χ1) is 8.71. The molecule has 0 unspecified atom stereocenters. The molecule has 0 atom stereocenters. The van der Waals surface area contributed by atoms with Crippen LogP contribution in [0.15, 0.2) is 18.2 Å². The molecule has 0 fully saturated rings. The van der Waals surface area contributed by atoms with E-state index < -0.39 is 5.82 Å². The van der Waals surface area contributed by atoms with Gasteiger partial charge in [-0.3, -0.25) is 4.90 Å². The van der Waals surface area contributed by atoms with E-state index in [1.54, 1.807) is 19.2 Å². The standard InChI is InChI=1S/C13H17FN2O2/c1-18-7-5-16(4-6-17)10-12-3-2-11(9-15)8-13(12)14/h2-3,8,17H,4-7,10H2,1H3. The summed E-state index contributed by atoms with van der Waals surface area (Å²) in [6.07, 6.45) is 0. The summed E-state index contributed by atoms with van der Waals surface area (Å²) in [6, 6.07) is 6.31. The Hall–Kier alpha value is -1.48. The monoisotopic (exact) mass is 252 g/mol. The van der Waals surface area contributed by atoms with Gasteiger partial charge in [0.1, 0.15) is 5.82 Å². The molecule has 0 saturated heterocycles. The van der Waals surface area contributed by atoms with Gasteiger partial charge in [0, 0.05) is 32.3 Å². The lowest BCUT2D eigenvalue weighted by Crippen LogP contribution is -2.30. The Morgan fingerprint density at radius 3 is 2.78 bits per heavy atom. The van der Waals surface area contributed by atoms with E-state index in [-0.39, 0.29) is 6.61 Å². The van der Waals surface area contributed by atoms with Gasteiger partial charge in [0.2, 0.25) is 0 Å². The van der Waals surface area contributed by atoms with E-state index in [4.69, 9.17) is 15.1 Å². The summed E-state index contributed by atoms with van der Waals surface area (Å²) < 4.78 is 18.7. The second-order valence-corrected chi connectivity index (χ2v) is 3.91. The third kappa shape index (κ3) is 4.41. The number of nitriles is 1. The number of rotatable bonds is 7. The zero-order valence-corrected chi connectivity index (χ0v) is 10.4. The van der Waals surface area contributed by atoms with E-state index >= 15 is 0 Å². The van der Waals surface area contributed by atoms with E-state index in [9.17, 15) is 4.39 Å². The molecule has 98 valence electrons. The molecular weight excluding hydrogens is 235 g/mol. The maximum atomic E-state index is 13.7. The molecule has 0 radical (unpaired) electrons. The molecule has 0 aliphatic heterocycles. The maximum absolute atomic E-state index is 13.7. The second kappa shape index (κ2) is 7.77. The lowest BCUT2D eigenvalue weighted by Gasteiger charge is -2.21. The first-order valence-electron chi connectivity index (χ1n) is 5.72. The first-order valence-corrected chi connectivity index (χ1v) is 5.72. The molecular formula is C13H17FN2O2. The van der Waals surface area contributed by atoms with E-state index in [1.165, 1.54) is 6.07 Å². The number of aliphatic hydroxyl groups excluding tert-OH is 1. The van der Waals surface area contributed by atoms with Crippen LogP contribution in [0, 0.1) is 17.1 Å². The average molecular weight is 252 g/mol. The van der Waals surface area contributed by atoms with Gasteiger partial charge in [-0.25, -0.2) is 4.39 Å². The van der Waals surface area contributed by atoms with Crippen molar-refractivity contribution >= 4 is 0 Å². The number of methoxy groups -OCH3 is 1. The van der Waals surface area contributed by atoms with E-state index in [1.807, 2.05) is 11.0 Å². The van der Waals surface area contributed by atoms with Crippen molar-refractivity contribution in [3.05, 3.63) is 35.1 Å². The third-order valence-corrected chi connectivity index (χ3v) is 2.60. The van der Waals surface area contributed by atoms with Gasteiger partial charge in [-0.15, -0.1) is 0 Å². The molecule has 0 saturated carbocycles. The van der Waals surface area contributed by atoms with Gasteiger partial charge in [-0.05, 0) is 12.1 Å². The fourth-order valence-corrected chi connectivity index (χ4v) is 1.62. The summed E-state index contributed by atoms with van der Waals surface area (Å²) in [4.78, 5) is 1.90. The summed E-state index contributed by atoms with van der Waals surface area (Å²) in [5, 5.41) is 17.6. The van der Waals surface area contributed by atoms with Crippen LogP contribution in [0.2, 0.25) is 0 Å². The lowest BCUT2D eigenvalue weighted by molar-refractivity contribution is 0.126. The molecule has 5 heteroatoms. The van der Waals surface area contributed by atoms with Gasteiger partial charge in [0.25, 0.3) is 0 Å². The molecule has 4 nitrogen and oxygen atoms in total. The Balaban J connectivity index is 2.71. The molecule has 0 spiro atoms. The van der Waals surface area contributed by atoms with Crippen LogP contribution in [0.3, 0.4) is 0 Å². The van der Waals surface area contributed by atoms with Crippen molar-refractivity contribution in [3.8, 4) is 6.07 Å². The van der Waals surface area contributed by atoms with Crippen molar-refractivity contribution < 1.29 is 14.2 Å². The number of ether oxygens (including phenoxy) is 1. The summed E-state index contributed by atoms with van der Waals surface area (Å²) in [5.74, 6) is -0.394.